The summed E-state index contributed by atoms with van der Waals surface area (Å²) < 4.78 is 4.96. The van der Waals surface area contributed by atoms with Gasteiger partial charge < -0.3 is 10.1 Å². The maximum atomic E-state index is 11.4. The first kappa shape index (κ1) is 8.99. The number of ether oxygens (including phenoxy) is 1. The van der Waals surface area contributed by atoms with Crippen LogP contribution in [-0.2, 0) is 4.74 Å². The van der Waals surface area contributed by atoms with E-state index in [1.807, 2.05) is 0 Å². The van der Waals surface area contributed by atoms with E-state index in [0.717, 1.165) is 6.61 Å². The van der Waals surface area contributed by atoms with Crippen molar-refractivity contribution in [1.29, 1.82) is 0 Å². The van der Waals surface area contributed by atoms with Crippen molar-refractivity contribution < 1.29 is 9.53 Å². The Kier molecular flexibility index (Phi) is 2.53. The first-order valence-corrected chi connectivity index (χ1v) is 5.16. The Bertz CT molecular complexity index is 322. The van der Waals surface area contributed by atoms with E-state index < -0.39 is 0 Å². The third-order valence-corrected chi connectivity index (χ3v) is 3.06. The van der Waals surface area contributed by atoms with Crippen molar-refractivity contribution >= 4 is 28.8 Å². The Balaban J connectivity index is 1.92. The van der Waals surface area contributed by atoms with Gasteiger partial charge in [0.25, 0.3) is 5.91 Å². The maximum Gasteiger partial charge on any atom is 0.262 e. The van der Waals surface area contributed by atoms with Gasteiger partial charge in [-0.25, -0.2) is 0 Å². The van der Waals surface area contributed by atoms with E-state index in [2.05, 4.69) is 5.32 Å². The molecule has 70 valence electrons. The summed E-state index contributed by atoms with van der Waals surface area (Å²) in [5, 5.41) is 5.06. The molecule has 0 aromatic carbocycles. The number of hydrogen-bond acceptors (Lipinski definition) is 3. The molecule has 1 aliphatic heterocycles. The molecule has 1 aliphatic rings. The van der Waals surface area contributed by atoms with E-state index >= 15 is 0 Å². The van der Waals surface area contributed by atoms with Crippen LogP contribution in [0.2, 0.25) is 5.02 Å². The second-order valence-corrected chi connectivity index (χ2v) is 4.09. The molecular formula is C8H8ClNO2S. The number of carbonyl (C=O) groups is 1. The first-order chi connectivity index (χ1) is 6.27. The second-order valence-electron chi connectivity index (χ2n) is 2.76. The van der Waals surface area contributed by atoms with Crippen molar-refractivity contribution in [2.24, 2.45) is 0 Å². The predicted octanol–water partition coefficient (Wildman–Crippen LogP) is 1.53. The van der Waals surface area contributed by atoms with Crippen LogP contribution in [0.4, 0.5) is 0 Å². The fraction of sp³-hybridized carbons (Fsp3) is 0.375. The van der Waals surface area contributed by atoms with Gasteiger partial charge in [-0.1, -0.05) is 11.6 Å². The van der Waals surface area contributed by atoms with Crippen LogP contribution in [0.25, 0.3) is 0 Å². The highest BCUT2D eigenvalue weighted by Crippen LogP contribution is 2.21. The summed E-state index contributed by atoms with van der Waals surface area (Å²) in [6.45, 7) is 1.32. The van der Waals surface area contributed by atoms with Crippen LogP contribution in [0.3, 0.4) is 0 Å². The minimum Gasteiger partial charge on any atom is -0.371 e. The summed E-state index contributed by atoms with van der Waals surface area (Å²) in [7, 11) is 0. The lowest BCUT2D eigenvalue weighted by Crippen LogP contribution is -2.26. The molecule has 0 saturated carbocycles. The molecule has 0 spiro atoms. The number of epoxide rings is 1. The molecule has 2 rings (SSSR count). The van der Waals surface area contributed by atoms with Gasteiger partial charge in [-0.15, -0.1) is 11.3 Å². The molecule has 0 aliphatic carbocycles. The number of rotatable bonds is 3. The van der Waals surface area contributed by atoms with Crippen LogP contribution in [0.15, 0.2) is 11.4 Å². The lowest BCUT2D eigenvalue weighted by atomic mass is 10.4. The number of thiophene rings is 1. The molecule has 1 aromatic rings. The number of carbonyl (C=O) groups excluding carboxylic acids is 1. The van der Waals surface area contributed by atoms with Gasteiger partial charge in [-0.05, 0) is 11.4 Å². The van der Waals surface area contributed by atoms with Gasteiger partial charge in [-0.3, -0.25) is 4.79 Å². The van der Waals surface area contributed by atoms with Crippen molar-refractivity contribution in [2.75, 3.05) is 13.2 Å². The van der Waals surface area contributed by atoms with Crippen molar-refractivity contribution in [1.82, 2.24) is 5.32 Å². The van der Waals surface area contributed by atoms with Crippen LogP contribution in [-0.4, -0.2) is 25.2 Å². The Hall–Kier alpha value is -0.580. The number of nitrogens with one attached hydrogen (secondary N) is 1. The summed E-state index contributed by atoms with van der Waals surface area (Å²) in [6.07, 6.45) is 0.211. The molecule has 1 unspecified atom stereocenters. The van der Waals surface area contributed by atoms with Crippen molar-refractivity contribution in [3.63, 3.8) is 0 Å². The fourth-order valence-corrected chi connectivity index (χ4v) is 1.99. The zero-order valence-corrected chi connectivity index (χ0v) is 8.32. The fourth-order valence-electron chi connectivity index (χ4n) is 0.928. The van der Waals surface area contributed by atoms with Crippen LogP contribution < -0.4 is 5.32 Å². The molecule has 1 fully saturated rings. The van der Waals surface area contributed by atoms with E-state index in [1.54, 1.807) is 11.4 Å². The zero-order valence-electron chi connectivity index (χ0n) is 6.75. The molecule has 3 nitrogen and oxygen atoms in total. The number of amides is 1. The SMILES string of the molecule is O=C(NCC1CO1)c1sccc1Cl. The highest BCUT2D eigenvalue weighted by molar-refractivity contribution is 7.12. The highest BCUT2D eigenvalue weighted by Gasteiger charge is 2.23. The van der Waals surface area contributed by atoms with E-state index in [0.29, 0.717) is 16.4 Å². The largest absolute Gasteiger partial charge is 0.371 e. The van der Waals surface area contributed by atoms with E-state index in [-0.39, 0.29) is 12.0 Å². The van der Waals surface area contributed by atoms with E-state index in [1.165, 1.54) is 11.3 Å². The summed E-state index contributed by atoms with van der Waals surface area (Å²) in [5.74, 6) is -0.115. The molecule has 2 heterocycles. The summed E-state index contributed by atoms with van der Waals surface area (Å²) in [5.41, 5.74) is 0. The minimum atomic E-state index is -0.115. The summed E-state index contributed by atoms with van der Waals surface area (Å²) >= 11 is 7.13. The Morgan fingerprint density at radius 2 is 2.62 bits per heavy atom. The van der Waals surface area contributed by atoms with Gasteiger partial charge in [0.05, 0.1) is 17.7 Å². The lowest BCUT2D eigenvalue weighted by molar-refractivity contribution is 0.0954. The average molecular weight is 218 g/mol. The first-order valence-electron chi connectivity index (χ1n) is 3.90. The molecule has 1 aromatic heterocycles. The van der Waals surface area contributed by atoms with Gasteiger partial charge in [0, 0.05) is 6.54 Å². The Labute approximate surface area is 84.7 Å². The molecule has 1 N–H and O–H groups in total. The standard InChI is InChI=1S/C8H8ClNO2S/c9-6-1-2-13-7(6)8(11)10-3-5-4-12-5/h1-2,5H,3-4H2,(H,10,11). The number of hydrogen-bond donors (Lipinski definition) is 1. The van der Waals surface area contributed by atoms with Gasteiger partial charge >= 0.3 is 0 Å². The molecule has 0 bridgehead atoms. The topological polar surface area (TPSA) is 41.6 Å². The van der Waals surface area contributed by atoms with E-state index in [9.17, 15) is 4.79 Å². The highest BCUT2D eigenvalue weighted by atomic mass is 35.5. The van der Waals surface area contributed by atoms with Crippen LogP contribution in [0.1, 0.15) is 9.67 Å². The molecule has 5 heteroatoms. The van der Waals surface area contributed by atoms with Crippen molar-refractivity contribution in [2.45, 2.75) is 6.10 Å². The van der Waals surface area contributed by atoms with Crippen molar-refractivity contribution in [3.8, 4) is 0 Å². The van der Waals surface area contributed by atoms with Gasteiger partial charge in [0.2, 0.25) is 0 Å². The zero-order chi connectivity index (χ0) is 9.26. The normalized spacial score (nSPS) is 19.9. The average Bonchev–Trinajstić information content (AvgIpc) is 2.84. The van der Waals surface area contributed by atoms with E-state index in [4.69, 9.17) is 16.3 Å². The molecular weight excluding hydrogens is 210 g/mol. The summed E-state index contributed by atoms with van der Waals surface area (Å²) in [6, 6.07) is 1.72. The molecule has 1 atom stereocenters. The van der Waals surface area contributed by atoms with Gasteiger partial charge in [-0.2, -0.15) is 0 Å². The molecule has 13 heavy (non-hydrogen) atoms. The van der Waals surface area contributed by atoms with Crippen LogP contribution in [0.5, 0.6) is 0 Å². The quantitative estimate of drug-likeness (QED) is 0.781. The third kappa shape index (κ3) is 2.21. The predicted molar refractivity (Wildman–Crippen MR) is 51.4 cm³/mol. The molecule has 1 saturated heterocycles. The Morgan fingerprint density at radius 1 is 1.85 bits per heavy atom. The smallest absolute Gasteiger partial charge is 0.262 e. The second kappa shape index (κ2) is 3.65. The maximum absolute atomic E-state index is 11.4. The number of halogens is 1. The lowest BCUT2D eigenvalue weighted by Gasteiger charge is -2.00. The minimum absolute atomic E-state index is 0.115. The molecule has 1 amide bonds. The van der Waals surface area contributed by atoms with Crippen LogP contribution >= 0.6 is 22.9 Å². The molecule has 0 radical (unpaired) electrons. The van der Waals surface area contributed by atoms with Gasteiger partial charge in [0.1, 0.15) is 4.88 Å². The Morgan fingerprint density at radius 3 is 3.15 bits per heavy atom. The third-order valence-electron chi connectivity index (χ3n) is 1.72. The monoisotopic (exact) mass is 217 g/mol. The summed E-state index contributed by atoms with van der Waals surface area (Å²) in [4.78, 5) is 12.0. The van der Waals surface area contributed by atoms with Crippen molar-refractivity contribution in [3.05, 3.63) is 21.3 Å². The van der Waals surface area contributed by atoms with Crippen LogP contribution in [0, 0.1) is 0 Å². The van der Waals surface area contributed by atoms with Gasteiger partial charge in [0.15, 0.2) is 0 Å².